The van der Waals surface area contributed by atoms with E-state index in [9.17, 15) is 4.79 Å². The van der Waals surface area contributed by atoms with Crippen LogP contribution in [0.3, 0.4) is 0 Å². The van der Waals surface area contributed by atoms with Gasteiger partial charge in [0.15, 0.2) is 0 Å². The fourth-order valence-electron chi connectivity index (χ4n) is 2.46. The maximum absolute atomic E-state index is 12.6. The fraction of sp³-hybridized carbons (Fsp3) is 0.167. The van der Waals surface area contributed by atoms with E-state index >= 15 is 0 Å². The molecule has 3 aromatic rings. The molecule has 1 aromatic carbocycles. The van der Waals surface area contributed by atoms with E-state index in [0.717, 1.165) is 16.9 Å². The molecule has 0 bridgehead atoms. The summed E-state index contributed by atoms with van der Waals surface area (Å²) in [7, 11) is 0. The second kappa shape index (κ2) is 6.84. The van der Waals surface area contributed by atoms with Crippen molar-refractivity contribution in [2.75, 3.05) is 5.32 Å². The van der Waals surface area contributed by atoms with E-state index in [1.807, 2.05) is 38.1 Å². The summed E-state index contributed by atoms with van der Waals surface area (Å²) < 4.78 is 1.74. The Morgan fingerprint density at radius 2 is 2.08 bits per heavy atom. The average Bonchev–Trinajstić information content (AvgIpc) is 3.01. The second-order valence-corrected chi connectivity index (χ2v) is 5.86. The molecule has 122 valence electrons. The van der Waals surface area contributed by atoms with Gasteiger partial charge in [0.25, 0.3) is 5.91 Å². The zero-order valence-electron chi connectivity index (χ0n) is 13.5. The summed E-state index contributed by atoms with van der Waals surface area (Å²) in [6.45, 7) is 3.93. The highest BCUT2D eigenvalue weighted by molar-refractivity contribution is 6.30. The Labute approximate surface area is 145 Å². The van der Waals surface area contributed by atoms with Crippen LogP contribution in [0.2, 0.25) is 5.02 Å². The zero-order chi connectivity index (χ0) is 17.1. The normalized spacial score (nSPS) is 10.6. The molecule has 0 saturated heterocycles. The summed E-state index contributed by atoms with van der Waals surface area (Å²) in [5.74, 6) is 0.291. The van der Waals surface area contributed by atoms with Crippen LogP contribution in [0.25, 0.3) is 5.69 Å². The number of aryl methyl sites for hydroxylation is 1. The van der Waals surface area contributed by atoms with Gasteiger partial charge in [-0.1, -0.05) is 30.7 Å². The van der Waals surface area contributed by atoms with Crippen LogP contribution in [-0.2, 0) is 6.42 Å². The van der Waals surface area contributed by atoms with Crippen LogP contribution in [-0.4, -0.2) is 20.7 Å². The number of pyridine rings is 1. The Bertz CT molecular complexity index is 871. The van der Waals surface area contributed by atoms with E-state index in [4.69, 9.17) is 11.6 Å². The van der Waals surface area contributed by atoms with Gasteiger partial charge in [-0.3, -0.25) is 4.79 Å². The van der Waals surface area contributed by atoms with E-state index < -0.39 is 0 Å². The van der Waals surface area contributed by atoms with E-state index in [-0.39, 0.29) is 5.91 Å². The summed E-state index contributed by atoms with van der Waals surface area (Å²) in [5, 5.41) is 7.78. The number of nitrogens with zero attached hydrogens (tertiary/aromatic N) is 3. The van der Waals surface area contributed by atoms with Crippen LogP contribution < -0.4 is 5.32 Å². The molecular formula is C18H17ClN4O. The Kier molecular flexibility index (Phi) is 4.62. The van der Waals surface area contributed by atoms with Gasteiger partial charge in [-0.2, -0.15) is 5.10 Å². The molecule has 0 radical (unpaired) electrons. The number of benzene rings is 1. The predicted octanol–water partition coefficient (Wildman–Crippen LogP) is 4.04. The first-order valence-corrected chi connectivity index (χ1v) is 8.03. The molecule has 6 heteroatoms. The molecule has 5 nitrogen and oxygen atoms in total. The molecule has 1 N–H and O–H groups in total. The van der Waals surface area contributed by atoms with Gasteiger partial charge in [-0.05, 0) is 43.2 Å². The Balaban J connectivity index is 1.91. The quantitative estimate of drug-likeness (QED) is 0.779. The van der Waals surface area contributed by atoms with Crippen molar-refractivity contribution >= 4 is 23.3 Å². The van der Waals surface area contributed by atoms with Crippen LogP contribution in [0.15, 0.2) is 48.8 Å². The lowest BCUT2D eigenvalue weighted by Gasteiger charge is -2.09. The van der Waals surface area contributed by atoms with Crippen LogP contribution >= 0.6 is 11.6 Å². The maximum atomic E-state index is 12.6. The van der Waals surface area contributed by atoms with Gasteiger partial charge in [0.2, 0.25) is 0 Å². The smallest absolute Gasteiger partial charge is 0.260 e. The highest BCUT2D eigenvalue weighted by Crippen LogP contribution is 2.20. The minimum Gasteiger partial charge on any atom is -0.306 e. The van der Waals surface area contributed by atoms with Crippen molar-refractivity contribution in [1.82, 2.24) is 14.8 Å². The number of carbonyl (C=O) groups excluding carboxylic acids is 1. The molecule has 3 rings (SSSR count). The largest absolute Gasteiger partial charge is 0.306 e. The average molecular weight is 341 g/mol. The van der Waals surface area contributed by atoms with Crippen molar-refractivity contribution in [3.05, 3.63) is 70.6 Å². The van der Waals surface area contributed by atoms with Crippen molar-refractivity contribution in [1.29, 1.82) is 0 Å². The van der Waals surface area contributed by atoms with Gasteiger partial charge in [0.1, 0.15) is 5.82 Å². The standard InChI is InChI=1S/C18H17ClN4O/c1-3-16-15(18(24)22-17-8-7-12(2)10-20-17)11-21-23(16)14-6-4-5-13(19)9-14/h4-11H,3H2,1-2H3,(H,20,22,24). The minimum atomic E-state index is -0.225. The first-order valence-electron chi connectivity index (χ1n) is 7.65. The number of carbonyl (C=O) groups is 1. The van der Waals surface area contributed by atoms with E-state index in [1.54, 1.807) is 29.2 Å². The summed E-state index contributed by atoms with van der Waals surface area (Å²) in [6.07, 6.45) is 3.95. The highest BCUT2D eigenvalue weighted by atomic mass is 35.5. The molecule has 0 saturated carbocycles. The zero-order valence-corrected chi connectivity index (χ0v) is 14.2. The Hall–Kier alpha value is -2.66. The van der Waals surface area contributed by atoms with Gasteiger partial charge in [-0.15, -0.1) is 0 Å². The fourth-order valence-corrected chi connectivity index (χ4v) is 2.64. The van der Waals surface area contributed by atoms with Crippen molar-refractivity contribution in [2.24, 2.45) is 0 Å². The molecule has 0 aliphatic heterocycles. The molecule has 0 atom stereocenters. The first-order chi connectivity index (χ1) is 11.6. The lowest BCUT2D eigenvalue weighted by Crippen LogP contribution is -2.15. The molecule has 2 aromatic heterocycles. The van der Waals surface area contributed by atoms with Gasteiger partial charge in [-0.25, -0.2) is 9.67 Å². The van der Waals surface area contributed by atoms with Crippen LogP contribution in [0.4, 0.5) is 5.82 Å². The van der Waals surface area contributed by atoms with Crippen LogP contribution in [0, 0.1) is 6.92 Å². The lowest BCUT2D eigenvalue weighted by atomic mass is 10.2. The molecule has 0 aliphatic carbocycles. The van der Waals surface area contributed by atoms with Crippen molar-refractivity contribution in [2.45, 2.75) is 20.3 Å². The maximum Gasteiger partial charge on any atom is 0.260 e. The van der Waals surface area contributed by atoms with E-state index in [1.165, 1.54) is 0 Å². The second-order valence-electron chi connectivity index (χ2n) is 5.43. The van der Waals surface area contributed by atoms with Gasteiger partial charge < -0.3 is 5.32 Å². The summed E-state index contributed by atoms with van der Waals surface area (Å²) in [4.78, 5) is 16.8. The number of hydrogen-bond donors (Lipinski definition) is 1. The van der Waals surface area contributed by atoms with Crippen molar-refractivity contribution in [3.8, 4) is 5.69 Å². The number of rotatable bonds is 4. The SMILES string of the molecule is CCc1c(C(=O)Nc2ccc(C)cn2)cnn1-c1cccc(Cl)c1. The molecule has 0 unspecified atom stereocenters. The molecule has 1 amide bonds. The van der Waals surface area contributed by atoms with E-state index in [0.29, 0.717) is 22.8 Å². The number of anilines is 1. The Morgan fingerprint density at radius 3 is 2.75 bits per heavy atom. The number of nitrogens with one attached hydrogen (secondary N) is 1. The predicted molar refractivity (Wildman–Crippen MR) is 94.9 cm³/mol. The number of hydrogen-bond acceptors (Lipinski definition) is 3. The molecule has 2 heterocycles. The summed E-state index contributed by atoms with van der Waals surface area (Å²) in [6, 6.07) is 11.1. The topological polar surface area (TPSA) is 59.8 Å². The third kappa shape index (κ3) is 3.31. The number of halogens is 1. The monoisotopic (exact) mass is 340 g/mol. The Morgan fingerprint density at radius 1 is 1.25 bits per heavy atom. The third-order valence-corrected chi connectivity index (χ3v) is 3.89. The van der Waals surface area contributed by atoms with Gasteiger partial charge in [0, 0.05) is 11.2 Å². The number of amides is 1. The van der Waals surface area contributed by atoms with E-state index in [2.05, 4.69) is 15.4 Å². The summed E-state index contributed by atoms with van der Waals surface area (Å²) in [5.41, 5.74) is 3.21. The summed E-state index contributed by atoms with van der Waals surface area (Å²) >= 11 is 6.05. The molecular weight excluding hydrogens is 324 g/mol. The van der Waals surface area contributed by atoms with Crippen molar-refractivity contribution in [3.63, 3.8) is 0 Å². The third-order valence-electron chi connectivity index (χ3n) is 3.65. The molecule has 0 spiro atoms. The van der Waals surface area contributed by atoms with Crippen LogP contribution in [0.5, 0.6) is 0 Å². The first kappa shape index (κ1) is 16.2. The van der Waals surface area contributed by atoms with Gasteiger partial charge in [0.05, 0.1) is 23.1 Å². The van der Waals surface area contributed by atoms with Crippen LogP contribution in [0.1, 0.15) is 28.5 Å². The van der Waals surface area contributed by atoms with Crippen molar-refractivity contribution < 1.29 is 4.79 Å². The minimum absolute atomic E-state index is 0.225. The molecule has 24 heavy (non-hydrogen) atoms. The van der Waals surface area contributed by atoms with Gasteiger partial charge >= 0.3 is 0 Å². The lowest BCUT2D eigenvalue weighted by molar-refractivity contribution is 0.102. The number of aromatic nitrogens is 3. The molecule has 0 aliphatic rings. The highest BCUT2D eigenvalue weighted by Gasteiger charge is 2.17. The molecule has 0 fully saturated rings.